The van der Waals surface area contributed by atoms with Gasteiger partial charge in [0, 0.05) is 11.6 Å². The predicted octanol–water partition coefficient (Wildman–Crippen LogP) is -0.308. The second kappa shape index (κ2) is 6.02. The van der Waals surface area contributed by atoms with Crippen molar-refractivity contribution in [3.8, 4) is 0 Å². The molecule has 0 bridgehead atoms. The van der Waals surface area contributed by atoms with Gasteiger partial charge >= 0.3 is 51.4 Å². The Hall–Kier alpha value is 0.436. The molecule has 0 fully saturated rings. The molecule has 13 heavy (non-hydrogen) atoms. The molecule has 0 unspecified atom stereocenters. The Morgan fingerprint density at radius 3 is 2.54 bits per heavy atom. The normalized spacial score (nSPS) is 11.2. The van der Waals surface area contributed by atoms with Gasteiger partial charge in [-0.1, -0.05) is 6.07 Å². The summed E-state index contributed by atoms with van der Waals surface area (Å²) in [5.74, 6) is 0. The van der Waals surface area contributed by atoms with Crippen molar-refractivity contribution in [3.05, 3.63) is 35.5 Å². The molecule has 1 rings (SSSR count). The zero-order valence-electron chi connectivity index (χ0n) is 6.21. The van der Waals surface area contributed by atoms with E-state index in [1.165, 1.54) is 6.08 Å². The average molecular weight is 224 g/mol. The molecule has 66 valence electrons. The van der Waals surface area contributed by atoms with Gasteiger partial charge in [-0.15, -0.1) is 0 Å². The minimum absolute atomic E-state index is 0. The van der Waals surface area contributed by atoms with E-state index in [1.54, 1.807) is 24.4 Å². The first-order valence-corrected chi connectivity index (χ1v) is 4.81. The third kappa shape index (κ3) is 6.50. The molecule has 0 aromatic carbocycles. The molecule has 0 aliphatic rings. The van der Waals surface area contributed by atoms with Crippen LogP contribution in [0.5, 0.6) is 0 Å². The number of aromatic nitrogens is 1. The van der Waals surface area contributed by atoms with Gasteiger partial charge < -0.3 is 0 Å². The van der Waals surface area contributed by atoms with Crippen LogP contribution in [0.4, 0.5) is 0 Å². The Morgan fingerprint density at radius 2 is 2.08 bits per heavy atom. The first-order chi connectivity index (χ1) is 5.58. The van der Waals surface area contributed by atoms with Crippen LogP contribution in [0.3, 0.4) is 0 Å². The summed E-state index contributed by atoms with van der Waals surface area (Å²) in [5.41, 5.74) is 0.562. The molecule has 1 heterocycles. The Balaban J connectivity index is 0.00000144. The number of primary sulfonamides is 1. The number of nitrogens with two attached hydrogens (primary N) is 1. The van der Waals surface area contributed by atoms with Crippen LogP contribution in [0.1, 0.15) is 5.69 Å². The van der Waals surface area contributed by atoms with E-state index in [2.05, 4.69) is 4.98 Å². The number of nitrogens with zero attached hydrogens (tertiary/aromatic N) is 1. The van der Waals surface area contributed by atoms with E-state index in [1.807, 2.05) is 0 Å². The fourth-order valence-electron chi connectivity index (χ4n) is 0.639. The summed E-state index contributed by atoms with van der Waals surface area (Å²) < 4.78 is 20.9. The van der Waals surface area contributed by atoms with Gasteiger partial charge in [-0.3, -0.25) is 4.98 Å². The average Bonchev–Trinajstić information content (AvgIpc) is 2.02. The van der Waals surface area contributed by atoms with Crippen LogP contribution < -0.4 is 5.14 Å². The number of rotatable bonds is 2. The van der Waals surface area contributed by atoms with Gasteiger partial charge in [0.15, 0.2) is 0 Å². The van der Waals surface area contributed by atoms with Gasteiger partial charge in [-0.2, -0.15) is 0 Å². The van der Waals surface area contributed by atoms with Crippen LogP contribution in [0.2, 0.25) is 0 Å². The molecule has 0 spiro atoms. The van der Waals surface area contributed by atoms with Crippen molar-refractivity contribution in [2.75, 3.05) is 0 Å². The molecule has 1 aromatic rings. The summed E-state index contributed by atoms with van der Waals surface area (Å²) >= 11 is 0. The molecule has 0 amide bonds. The van der Waals surface area contributed by atoms with Crippen LogP contribution in [0.25, 0.3) is 6.08 Å². The second-order valence-corrected chi connectivity index (χ2v) is 3.60. The van der Waals surface area contributed by atoms with Crippen molar-refractivity contribution in [2.45, 2.75) is 0 Å². The summed E-state index contributed by atoms with van der Waals surface area (Å²) in [6, 6.07) is 5.19. The zero-order chi connectivity index (χ0) is 9.03. The van der Waals surface area contributed by atoms with Gasteiger partial charge in [0.2, 0.25) is 10.0 Å². The Labute approximate surface area is 120 Å². The first-order valence-electron chi connectivity index (χ1n) is 3.20. The number of sulfonamides is 1. The van der Waals surface area contributed by atoms with E-state index < -0.39 is 10.0 Å². The molecule has 0 aliphatic carbocycles. The minimum atomic E-state index is -3.54. The maximum atomic E-state index is 10.5. The Kier molecular flexibility index (Phi) is 6.22. The van der Waals surface area contributed by atoms with E-state index in [-0.39, 0.29) is 51.4 Å². The molecule has 0 radical (unpaired) electrons. The summed E-state index contributed by atoms with van der Waals surface area (Å²) in [5, 5.41) is 5.65. The van der Waals surface area contributed by atoms with E-state index in [9.17, 15) is 8.42 Å². The summed E-state index contributed by atoms with van der Waals surface area (Å²) in [6.45, 7) is 0. The topological polar surface area (TPSA) is 73.1 Å². The SMILES string of the molecule is NS(=O)(=O)/C=C/c1ccccn1.[KH]. The molecule has 4 nitrogen and oxygen atoms in total. The van der Waals surface area contributed by atoms with Crippen LogP contribution >= 0.6 is 0 Å². The quantitative estimate of drug-likeness (QED) is 0.700. The maximum absolute atomic E-state index is 10.5. The molecule has 0 saturated carbocycles. The van der Waals surface area contributed by atoms with E-state index in [4.69, 9.17) is 5.14 Å². The molecular weight excluding hydrogens is 215 g/mol. The molecule has 2 N–H and O–H groups in total. The van der Waals surface area contributed by atoms with Crippen LogP contribution in [-0.2, 0) is 10.0 Å². The Bertz CT molecular complexity index is 375. The molecule has 6 heteroatoms. The fourth-order valence-corrected chi connectivity index (χ4v) is 0.968. The third-order valence-electron chi connectivity index (χ3n) is 1.12. The number of hydrogen-bond donors (Lipinski definition) is 1. The number of pyridine rings is 1. The van der Waals surface area contributed by atoms with Gasteiger partial charge in [0.05, 0.1) is 5.69 Å². The zero-order valence-corrected chi connectivity index (χ0v) is 7.03. The van der Waals surface area contributed by atoms with E-state index >= 15 is 0 Å². The molecular formula is C7H9KN2O2S. The van der Waals surface area contributed by atoms with E-state index in [0.717, 1.165) is 5.41 Å². The summed E-state index contributed by atoms with van der Waals surface area (Å²) in [6.07, 6.45) is 2.91. The van der Waals surface area contributed by atoms with E-state index in [0.29, 0.717) is 5.69 Å². The monoisotopic (exact) mass is 224 g/mol. The van der Waals surface area contributed by atoms with Crippen molar-refractivity contribution in [1.82, 2.24) is 4.98 Å². The van der Waals surface area contributed by atoms with Crippen molar-refractivity contribution < 1.29 is 8.42 Å². The van der Waals surface area contributed by atoms with Gasteiger partial charge in [-0.05, 0) is 18.2 Å². The predicted molar refractivity (Wildman–Crippen MR) is 53.5 cm³/mol. The van der Waals surface area contributed by atoms with Crippen molar-refractivity contribution >= 4 is 67.5 Å². The van der Waals surface area contributed by atoms with Crippen molar-refractivity contribution in [1.29, 1.82) is 0 Å². The molecule has 0 aliphatic heterocycles. The second-order valence-electron chi connectivity index (χ2n) is 2.15. The van der Waals surface area contributed by atoms with Crippen LogP contribution in [-0.4, -0.2) is 64.8 Å². The summed E-state index contributed by atoms with van der Waals surface area (Å²) in [4.78, 5) is 3.88. The first kappa shape index (κ1) is 13.4. The Morgan fingerprint density at radius 1 is 1.38 bits per heavy atom. The van der Waals surface area contributed by atoms with Gasteiger partial charge in [-0.25, -0.2) is 13.6 Å². The third-order valence-corrected chi connectivity index (χ3v) is 1.63. The van der Waals surface area contributed by atoms with Crippen molar-refractivity contribution in [2.24, 2.45) is 5.14 Å². The molecule has 0 saturated heterocycles. The van der Waals surface area contributed by atoms with Gasteiger partial charge in [0.25, 0.3) is 0 Å². The standard InChI is InChI=1S/C7H8N2O2S.K.H/c8-12(10,11)6-4-7-3-1-2-5-9-7;;/h1-6H,(H2,8,10,11);;/b6-4+;;. The summed E-state index contributed by atoms with van der Waals surface area (Å²) in [7, 11) is -3.54. The molecule has 0 atom stereocenters. The fraction of sp³-hybridized carbons (Fsp3) is 0. The molecule has 1 aromatic heterocycles. The van der Waals surface area contributed by atoms with Crippen LogP contribution in [0, 0.1) is 0 Å². The van der Waals surface area contributed by atoms with Crippen molar-refractivity contribution in [3.63, 3.8) is 0 Å². The number of hydrogen-bond acceptors (Lipinski definition) is 3. The van der Waals surface area contributed by atoms with Gasteiger partial charge in [0.1, 0.15) is 0 Å². The van der Waals surface area contributed by atoms with Crippen LogP contribution in [0.15, 0.2) is 29.8 Å².